The maximum atomic E-state index is 12.5. The Balaban J connectivity index is 2.01. The first-order valence-corrected chi connectivity index (χ1v) is 7.12. The maximum Gasteiger partial charge on any atom is 0.253 e. The lowest BCUT2D eigenvalue weighted by Crippen LogP contribution is -2.40. The fraction of sp³-hybridized carbons (Fsp3) is 0.562. The molecular formula is C16H24N2O. The number of hydrogen-bond acceptors (Lipinski definition) is 2. The van der Waals surface area contributed by atoms with E-state index in [1.54, 1.807) is 0 Å². The molecule has 0 spiro atoms. The zero-order valence-corrected chi connectivity index (χ0v) is 12.2. The molecule has 104 valence electrons. The van der Waals surface area contributed by atoms with E-state index in [1.165, 1.54) is 0 Å². The second kappa shape index (κ2) is 6.20. The van der Waals surface area contributed by atoms with Gasteiger partial charge in [-0.15, -0.1) is 0 Å². The van der Waals surface area contributed by atoms with Crippen molar-refractivity contribution in [3.8, 4) is 0 Å². The van der Waals surface area contributed by atoms with Gasteiger partial charge in [0.2, 0.25) is 0 Å². The number of rotatable bonds is 3. The van der Waals surface area contributed by atoms with Gasteiger partial charge >= 0.3 is 0 Å². The molecule has 1 aliphatic rings. The highest BCUT2D eigenvalue weighted by Crippen LogP contribution is 2.19. The van der Waals surface area contributed by atoms with Gasteiger partial charge in [0, 0.05) is 18.7 Å². The number of nitrogens with zero attached hydrogens (tertiary/aromatic N) is 1. The van der Waals surface area contributed by atoms with Gasteiger partial charge in [-0.1, -0.05) is 17.2 Å². The van der Waals surface area contributed by atoms with Crippen LogP contribution in [0.3, 0.4) is 0 Å². The number of carbonyl (C=O) groups is 1. The van der Waals surface area contributed by atoms with Crippen LogP contribution < -0.4 is 5.32 Å². The van der Waals surface area contributed by atoms with E-state index in [-0.39, 0.29) is 5.91 Å². The van der Waals surface area contributed by atoms with Crippen molar-refractivity contribution in [2.45, 2.75) is 26.7 Å². The molecular weight excluding hydrogens is 236 g/mol. The number of likely N-dealkylation sites (tertiary alicyclic amines) is 1. The van der Waals surface area contributed by atoms with E-state index in [1.807, 2.05) is 37.9 Å². The highest BCUT2D eigenvalue weighted by Gasteiger charge is 2.23. The summed E-state index contributed by atoms with van der Waals surface area (Å²) in [5.74, 6) is 0.906. The van der Waals surface area contributed by atoms with Crippen molar-refractivity contribution >= 4 is 5.91 Å². The average Bonchev–Trinajstić information content (AvgIpc) is 2.38. The molecule has 3 heteroatoms. The van der Waals surface area contributed by atoms with Gasteiger partial charge < -0.3 is 10.2 Å². The predicted molar refractivity (Wildman–Crippen MR) is 78.5 cm³/mol. The number of hydrogen-bond donors (Lipinski definition) is 1. The molecule has 0 atom stereocenters. The normalized spacial score (nSPS) is 16.7. The summed E-state index contributed by atoms with van der Waals surface area (Å²) in [6.45, 7) is 6.92. The summed E-state index contributed by atoms with van der Waals surface area (Å²) in [6.07, 6.45) is 2.22. The third-order valence-corrected chi connectivity index (χ3v) is 3.86. The summed E-state index contributed by atoms with van der Waals surface area (Å²) in [7, 11) is 1.99. The zero-order chi connectivity index (χ0) is 13.8. The highest BCUT2D eigenvalue weighted by molar-refractivity contribution is 5.94. The van der Waals surface area contributed by atoms with Crippen molar-refractivity contribution in [2.24, 2.45) is 5.92 Å². The SMILES string of the molecule is CNCC1CCN(C(=O)c2cc(C)cc(C)c2)CC1. The Morgan fingerprint density at radius 1 is 1.21 bits per heavy atom. The molecule has 0 aliphatic carbocycles. The maximum absolute atomic E-state index is 12.5. The summed E-state index contributed by atoms with van der Waals surface area (Å²) in [4.78, 5) is 14.5. The van der Waals surface area contributed by atoms with Crippen molar-refractivity contribution in [3.05, 3.63) is 34.9 Å². The molecule has 2 rings (SSSR count). The predicted octanol–water partition coefficient (Wildman–Crippen LogP) is 2.38. The minimum absolute atomic E-state index is 0.190. The molecule has 3 nitrogen and oxygen atoms in total. The van der Waals surface area contributed by atoms with E-state index in [4.69, 9.17) is 0 Å². The molecule has 1 heterocycles. The van der Waals surface area contributed by atoms with Gasteiger partial charge in [-0.2, -0.15) is 0 Å². The van der Waals surface area contributed by atoms with Crippen LogP contribution in [0.1, 0.15) is 34.3 Å². The van der Waals surface area contributed by atoms with Crippen molar-refractivity contribution in [1.29, 1.82) is 0 Å². The van der Waals surface area contributed by atoms with E-state index in [0.717, 1.165) is 49.2 Å². The van der Waals surface area contributed by atoms with Gasteiger partial charge in [-0.05, 0) is 58.3 Å². The lowest BCUT2D eigenvalue weighted by Gasteiger charge is -2.32. The summed E-state index contributed by atoms with van der Waals surface area (Å²) in [5.41, 5.74) is 3.16. The molecule has 1 fully saturated rings. The molecule has 0 unspecified atom stereocenters. The summed E-state index contributed by atoms with van der Waals surface area (Å²) in [5, 5.41) is 3.22. The van der Waals surface area contributed by atoms with Crippen LogP contribution in [0.25, 0.3) is 0 Å². The van der Waals surface area contributed by atoms with Crippen LogP contribution in [0.2, 0.25) is 0 Å². The first kappa shape index (κ1) is 14.1. The van der Waals surface area contributed by atoms with Crippen molar-refractivity contribution in [3.63, 3.8) is 0 Å². The summed E-state index contributed by atoms with van der Waals surface area (Å²) >= 11 is 0. The number of benzene rings is 1. The third kappa shape index (κ3) is 3.57. The van der Waals surface area contributed by atoms with Gasteiger partial charge in [0.05, 0.1) is 0 Å². The van der Waals surface area contributed by atoms with Crippen LogP contribution in [0, 0.1) is 19.8 Å². The molecule has 1 aromatic rings. The van der Waals surface area contributed by atoms with E-state index in [2.05, 4.69) is 11.4 Å². The third-order valence-electron chi connectivity index (χ3n) is 3.86. The van der Waals surface area contributed by atoms with Crippen LogP contribution >= 0.6 is 0 Å². The first-order valence-electron chi connectivity index (χ1n) is 7.12. The minimum Gasteiger partial charge on any atom is -0.339 e. The van der Waals surface area contributed by atoms with Crippen LogP contribution in [0.15, 0.2) is 18.2 Å². The van der Waals surface area contributed by atoms with Crippen LogP contribution in [0.4, 0.5) is 0 Å². The number of piperidine rings is 1. The lowest BCUT2D eigenvalue weighted by atomic mass is 9.96. The Hall–Kier alpha value is -1.35. The smallest absolute Gasteiger partial charge is 0.253 e. The molecule has 1 N–H and O–H groups in total. The van der Waals surface area contributed by atoms with Gasteiger partial charge in [-0.3, -0.25) is 4.79 Å². The summed E-state index contributed by atoms with van der Waals surface area (Å²) in [6, 6.07) is 6.10. The van der Waals surface area contributed by atoms with Gasteiger partial charge in [-0.25, -0.2) is 0 Å². The Kier molecular flexibility index (Phi) is 4.59. The summed E-state index contributed by atoms with van der Waals surface area (Å²) < 4.78 is 0. The number of carbonyl (C=O) groups excluding carboxylic acids is 1. The van der Waals surface area contributed by atoms with E-state index < -0.39 is 0 Å². The fourth-order valence-electron chi connectivity index (χ4n) is 2.91. The van der Waals surface area contributed by atoms with Crippen LogP contribution in [-0.4, -0.2) is 37.5 Å². The minimum atomic E-state index is 0.190. The Morgan fingerprint density at radius 3 is 2.32 bits per heavy atom. The van der Waals surface area contributed by atoms with Crippen LogP contribution in [-0.2, 0) is 0 Å². The molecule has 0 radical (unpaired) electrons. The zero-order valence-electron chi connectivity index (χ0n) is 12.2. The number of aryl methyl sites for hydroxylation is 2. The topological polar surface area (TPSA) is 32.3 Å². The molecule has 1 aliphatic heterocycles. The van der Waals surface area contributed by atoms with Gasteiger partial charge in [0.15, 0.2) is 0 Å². The molecule has 19 heavy (non-hydrogen) atoms. The number of amides is 1. The largest absolute Gasteiger partial charge is 0.339 e. The van der Waals surface area contributed by atoms with Crippen molar-refractivity contribution in [1.82, 2.24) is 10.2 Å². The van der Waals surface area contributed by atoms with Gasteiger partial charge in [0.25, 0.3) is 5.91 Å². The van der Waals surface area contributed by atoms with Gasteiger partial charge in [0.1, 0.15) is 0 Å². The molecule has 1 saturated heterocycles. The quantitative estimate of drug-likeness (QED) is 0.905. The van der Waals surface area contributed by atoms with E-state index >= 15 is 0 Å². The van der Waals surface area contributed by atoms with Crippen molar-refractivity contribution in [2.75, 3.05) is 26.7 Å². The van der Waals surface area contributed by atoms with Crippen molar-refractivity contribution < 1.29 is 4.79 Å². The Morgan fingerprint density at radius 2 is 1.79 bits per heavy atom. The lowest BCUT2D eigenvalue weighted by molar-refractivity contribution is 0.0690. The molecule has 0 aromatic heterocycles. The standard InChI is InChI=1S/C16H24N2O/c1-12-8-13(2)10-15(9-12)16(19)18-6-4-14(5-7-18)11-17-3/h8-10,14,17H,4-7,11H2,1-3H3. The Labute approximate surface area is 116 Å². The molecule has 1 amide bonds. The van der Waals surface area contributed by atoms with E-state index in [9.17, 15) is 4.79 Å². The monoisotopic (exact) mass is 260 g/mol. The first-order chi connectivity index (χ1) is 9.10. The van der Waals surface area contributed by atoms with E-state index in [0.29, 0.717) is 5.92 Å². The second-order valence-corrected chi connectivity index (χ2v) is 5.67. The number of nitrogens with one attached hydrogen (secondary N) is 1. The molecule has 1 aromatic carbocycles. The Bertz CT molecular complexity index is 428. The van der Waals surface area contributed by atoms with Crippen LogP contribution in [0.5, 0.6) is 0 Å². The fourth-order valence-corrected chi connectivity index (χ4v) is 2.91. The second-order valence-electron chi connectivity index (χ2n) is 5.67. The molecule has 0 bridgehead atoms. The highest BCUT2D eigenvalue weighted by atomic mass is 16.2. The molecule has 0 saturated carbocycles. The average molecular weight is 260 g/mol.